The van der Waals surface area contributed by atoms with Gasteiger partial charge in [-0.1, -0.05) is 6.92 Å². The second kappa shape index (κ2) is 11.2. The summed E-state index contributed by atoms with van der Waals surface area (Å²) in [5.41, 5.74) is 0. The molecule has 0 aromatic carbocycles. The zero-order valence-electron chi connectivity index (χ0n) is 18.9. The number of hydrogen-bond donors (Lipinski definition) is 1. The van der Waals surface area contributed by atoms with Crippen LogP contribution in [-0.4, -0.2) is 110 Å². The van der Waals surface area contributed by atoms with Gasteiger partial charge in [0.2, 0.25) is 5.91 Å². The monoisotopic (exact) mass is 406 g/mol. The highest BCUT2D eigenvalue weighted by molar-refractivity contribution is 5.82. The van der Waals surface area contributed by atoms with Crippen LogP contribution in [0, 0.1) is 5.92 Å². The van der Waals surface area contributed by atoms with E-state index in [0.29, 0.717) is 5.91 Å². The summed E-state index contributed by atoms with van der Waals surface area (Å²) in [5, 5.41) is 3.59. The summed E-state index contributed by atoms with van der Waals surface area (Å²) in [6, 6.07) is -0.000729. The minimum absolute atomic E-state index is 0.000729. The number of likely N-dealkylation sites (tertiary alicyclic amines) is 2. The lowest BCUT2D eigenvalue weighted by atomic mass is 9.93. The van der Waals surface area contributed by atoms with Crippen molar-refractivity contribution in [1.29, 1.82) is 0 Å². The molecule has 3 aliphatic rings. The molecule has 0 aromatic rings. The molecule has 7 nitrogen and oxygen atoms in total. The first kappa shape index (κ1) is 22.3. The Morgan fingerprint density at radius 3 is 2.24 bits per heavy atom. The van der Waals surface area contributed by atoms with Gasteiger partial charge in [0, 0.05) is 52.9 Å². The summed E-state index contributed by atoms with van der Waals surface area (Å²) in [6.07, 6.45) is 6.21. The van der Waals surface area contributed by atoms with Crippen molar-refractivity contribution in [2.75, 3.05) is 72.5 Å². The van der Waals surface area contributed by atoms with Gasteiger partial charge < -0.3 is 20.0 Å². The highest BCUT2D eigenvalue weighted by Crippen LogP contribution is 2.19. The number of hydrogen-bond acceptors (Lipinski definition) is 4. The van der Waals surface area contributed by atoms with Crippen molar-refractivity contribution < 1.29 is 4.79 Å². The topological polar surface area (TPSA) is 54.4 Å². The van der Waals surface area contributed by atoms with Crippen LogP contribution in [0.3, 0.4) is 0 Å². The van der Waals surface area contributed by atoms with E-state index in [2.05, 4.69) is 38.9 Å². The number of piperidine rings is 1. The summed E-state index contributed by atoms with van der Waals surface area (Å²) >= 11 is 0. The fraction of sp³-hybridized carbons (Fsp3) is 0.909. The normalized spacial score (nSPS) is 24.2. The van der Waals surface area contributed by atoms with Crippen LogP contribution in [0.1, 0.15) is 46.0 Å². The molecular weight excluding hydrogens is 364 g/mol. The Balaban J connectivity index is 1.37. The quantitative estimate of drug-likeness (QED) is 0.533. The molecule has 0 bridgehead atoms. The molecular formula is C22H42N6O. The van der Waals surface area contributed by atoms with Crippen LogP contribution < -0.4 is 5.32 Å². The Morgan fingerprint density at radius 1 is 1.00 bits per heavy atom. The third-order valence-corrected chi connectivity index (χ3v) is 7.14. The molecule has 29 heavy (non-hydrogen) atoms. The van der Waals surface area contributed by atoms with Crippen molar-refractivity contribution in [3.05, 3.63) is 0 Å². The Labute approximate surface area is 177 Å². The van der Waals surface area contributed by atoms with Gasteiger partial charge in [0.25, 0.3) is 0 Å². The smallest absolute Gasteiger partial charge is 0.239 e. The van der Waals surface area contributed by atoms with Gasteiger partial charge in [-0.25, -0.2) is 0 Å². The molecule has 1 unspecified atom stereocenters. The average molecular weight is 407 g/mol. The van der Waals surface area contributed by atoms with E-state index in [1.54, 1.807) is 0 Å². The SMILES string of the molecule is CCN1CCC(CCNC(=NC)N2CCN(C(C)C(=O)N3CCCC3)CC2)CC1. The average Bonchev–Trinajstić information content (AvgIpc) is 3.31. The van der Waals surface area contributed by atoms with Gasteiger partial charge in [-0.05, 0) is 64.6 Å². The van der Waals surface area contributed by atoms with Crippen LogP contribution in [-0.2, 0) is 4.79 Å². The van der Waals surface area contributed by atoms with Crippen molar-refractivity contribution in [2.24, 2.45) is 10.9 Å². The minimum atomic E-state index is -0.000729. The Bertz CT molecular complexity index is 531. The first-order valence-corrected chi connectivity index (χ1v) is 11.8. The van der Waals surface area contributed by atoms with E-state index in [0.717, 1.165) is 70.5 Å². The van der Waals surface area contributed by atoms with E-state index >= 15 is 0 Å². The zero-order chi connectivity index (χ0) is 20.6. The van der Waals surface area contributed by atoms with Gasteiger partial charge in [0.15, 0.2) is 5.96 Å². The maximum Gasteiger partial charge on any atom is 0.239 e. The number of nitrogens with zero attached hydrogens (tertiary/aromatic N) is 5. The fourth-order valence-corrected chi connectivity index (χ4v) is 4.99. The lowest BCUT2D eigenvalue weighted by molar-refractivity contribution is -0.135. The first-order chi connectivity index (χ1) is 14.1. The van der Waals surface area contributed by atoms with Gasteiger partial charge in [0.1, 0.15) is 0 Å². The van der Waals surface area contributed by atoms with Gasteiger partial charge in [-0.15, -0.1) is 0 Å². The molecule has 166 valence electrons. The molecule has 0 spiro atoms. The lowest BCUT2D eigenvalue weighted by Crippen LogP contribution is -2.57. The number of carbonyl (C=O) groups excluding carboxylic acids is 1. The largest absolute Gasteiger partial charge is 0.356 e. The van der Waals surface area contributed by atoms with Gasteiger partial charge in [0.05, 0.1) is 6.04 Å². The van der Waals surface area contributed by atoms with Gasteiger partial charge in [-0.3, -0.25) is 14.7 Å². The van der Waals surface area contributed by atoms with Crippen molar-refractivity contribution in [1.82, 2.24) is 24.9 Å². The third-order valence-electron chi connectivity index (χ3n) is 7.14. The predicted octanol–water partition coefficient (Wildman–Crippen LogP) is 1.31. The fourth-order valence-electron chi connectivity index (χ4n) is 4.99. The molecule has 3 aliphatic heterocycles. The number of carbonyl (C=O) groups is 1. The Kier molecular flexibility index (Phi) is 8.60. The minimum Gasteiger partial charge on any atom is -0.356 e. The molecule has 0 aromatic heterocycles. The van der Waals surface area contributed by atoms with Crippen molar-refractivity contribution >= 4 is 11.9 Å². The summed E-state index contributed by atoms with van der Waals surface area (Å²) < 4.78 is 0. The third kappa shape index (κ3) is 6.07. The van der Waals surface area contributed by atoms with Crippen molar-refractivity contribution in [2.45, 2.75) is 52.0 Å². The Morgan fingerprint density at radius 2 is 1.66 bits per heavy atom. The lowest BCUT2D eigenvalue weighted by Gasteiger charge is -2.39. The molecule has 1 amide bonds. The number of piperazine rings is 1. The van der Waals surface area contributed by atoms with E-state index in [4.69, 9.17) is 0 Å². The van der Waals surface area contributed by atoms with Crippen molar-refractivity contribution in [3.63, 3.8) is 0 Å². The highest BCUT2D eigenvalue weighted by atomic mass is 16.2. The summed E-state index contributed by atoms with van der Waals surface area (Å²) in [4.78, 5) is 26.5. The number of amides is 1. The van der Waals surface area contributed by atoms with Crippen LogP contribution in [0.25, 0.3) is 0 Å². The maximum absolute atomic E-state index is 12.7. The van der Waals surface area contributed by atoms with Crippen LogP contribution >= 0.6 is 0 Å². The predicted molar refractivity (Wildman–Crippen MR) is 119 cm³/mol. The molecule has 3 heterocycles. The van der Waals surface area contributed by atoms with E-state index < -0.39 is 0 Å². The molecule has 1 atom stereocenters. The molecule has 1 N–H and O–H groups in total. The van der Waals surface area contributed by atoms with Crippen LogP contribution in [0.5, 0.6) is 0 Å². The molecule has 0 saturated carbocycles. The number of guanidine groups is 1. The van der Waals surface area contributed by atoms with Crippen LogP contribution in [0.2, 0.25) is 0 Å². The zero-order valence-corrected chi connectivity index (χ0v) is 18.9. The number of rotatable bonds is 6. The molecule has 3 fully saturated rings. The second-order valence-electron chi connectivity index (χ2n) is 8.87. The molecule has 3 rings (SSSR count). The number of nitrogens with one attached hydrogen (secondary N) is 1. The van der Waals surface area contributed by atoms with E-state index in [-0.39, 0.29) is 6.04 Å². The molecule has 7 heteroatoms. The Hall–Kier alpha value is -1.34. The molecule has 0 aliphatic carbocycles. The van der Waals surface area contributed by atoms with E-state index in [9.17, 15) is 4.79 Å². The first-order valence-electron chi connectivity index (χ1n) is 11.8. The van der Waals surface area contributed by atoms with Gasteiger partial charge in [-0.2, -0.15) is 0 Å². The summed E-state index contributed by atoms with van der Waals surface area (Å²) in [6.45, 7) is 14.7. The van der Waals surface area contributed by atoms with E-state index in [1.165, 1.54) is 38.9 Å². The summed E-state index contributed by atoms with van der Waals surface area (Å²) in [7, 11) is 1.88. The molecule has 0 radical (unpaired) electrons. The molecule has 3 saturated heterocycles. The van der Waals surface area contributed by atoms with Crippen LogP contribution in [0.4, 0.5) is 0 Å². The standard InChI is InChI=1S/C22H42N6O/c1-4-25-13-8-20(9-14-25)7-10-24-22(23-3)28-17-15-26(16-18-28)19(2)21(29)27-11-5-6-12-27/h19-20H,4-18H2,1-3H3,(H,23,24). The number of aliphatic imine (C=N–C) groups is 1. The second-order valence-corrected chi connectivity index (χ2v) is 8.87. The maximum atomic E-state index is 12.7. The van der Waals surface area contributed by atoms with Crippen LogP contribution in [0.15, 0.2) is 4.99 Å². The van der Waals surface area contributed by atoms with E-state index in [1.807, 2.05) is 11.9 Å². The highest BCUT2D eigenvalue weighted by Gasteiger charge is 2.30. The summed E-state index contributed by atoms with van der Waals surface area (Å²) in [5.74, 6) is 2.18. The van der Waals surface area contributed by atoms with Crippen molar-refractivity contribution in [3.8, 4) is 0 Å². The van der Waals surface area contributed by atoms with Gasteiger partial charge >= 0.3 is 0 Å².